The van der Waals surface area contributed by atoms with E-state index in [0.717, 1.165) is 10.8 Å². The van der Waals surface area contributed by atoms with Crippen LogP contribution in [0.15, 0.2) is 47.4 Å². The number of hydrogen-bond acceptors (Lipinski definition) is 3. The van der Waals surface area contributed by atoms with Gasteiger partial charge in [-0.2, -0.15) is 4.31 Å². The number of hydrogen-bond donors (Lipinski definition) is 1. The van der Waals surface area contributed by atoms with Crippen LogP contribution in [0.4, 0.5) is 0 Å². The summed E-state index contributed by atoms with van der Waals surface area (Å²) in [5.74, 6) is 0. The van der Waals surface area contributed by atoms with E-state index in [0.29, 0.717) is 24.3 Å². The van der Waals surface area contributed by atoms with Gasteiger partial charge in [-0.05, 0) is 35.7 Å². The molecular formula is C15H17NO3S. The minimum absolute atomic E-state index is 0.190. The van der Waals surface area contributed by atoms with Gasteiger partial charge in [0.05, 0.1) is 11.0 Å². The number of fused-ring (bicyclic) bond motifs is 1. The smallest absolute Gasteiger partial charge is 0.243 e. The number of rotatable bonds is 2. The number of piperidine rings is 1. The van der Waals surface area contributed by atoms with Crippen molar-refractivity contribution in [2.45, 2.75) is 23.8 Å². The van der Waals surface area contributed by atoms with Gasteiger partial charge in [0.25, 0.3) is 0 Å². The Bertz CT molecular complexity index is 727. The summed E-state index contributed by atoms with van der Waals surface area (Å²) in [7, 11) is -3.51. The van der Waals surface area contributed by atoms with Crippen molar-refractivity contribution in [3.8, 4) is 0 Å². The third kappa shape index (κ3) is 2.44. The van der Waals surface area contributed by atoms with Gasteiger partial charge in [0.1, 0.15) is 0 Å². The zero-order chi connectivity index (χ0) is 14.2. The number of nitrogens with zero attached hydrogens (tertiary/aromatic N) is 1. The molecule has 0 aromatic heterocycles. The third-order valence-electron chi connectivity index (χ3n) is 3.72. The molecule has 1 atom stereocenters. The molecule has 0 bridgehead atoms. The van der Waals surface area contributed by atoms with E-state index < -0.39 is 16.1 Å². The summed E-state index contributed by atoms with van der Waals surface area (Å²) in [4.78, 5) is 0.297. The Kier molecular flexibility index (Phi) is 3.50. The molecule has 1 saturated heterocycles. The van der Waals surface area contributed by atoms with Crippen LogP contribution in [0.5, 0.6) is 0 Å². The van der Waals surface area contributed by atoms with Crippen molar-refractivity contribution in [1.29, 1.82) is 0 Å². The molecule has 0 radical (unpaired) electrons. The Morgan fingerprint density at radius 1 is 1.10 bits per heavy atom. The molecule has 1 fully saturated rings. The highest BCUT2D eigenvalue weighted by atomic mass is 32.2. The maximum absolute atomic E-state index is 12.6. The number of β-amino-alcohol motifs (C(OH)–C–C–N with tert-alkyl or cyclic N) is 1. The second-order valence-corrected chi connectivity index (χ2v) is 7.11. The molecule has 0 spiro atoms. The molecule has 0 saturated carbocycles. The molecule has 1 unspecified atom stereocenters. The van der Waals surface area contributed by atoms with Gasteiger partial charge in [0.2, 0.25) is 10.0 Å². The number of aliphatic hydroxyl groups is 1. The predicted octanol–water partition coefficient (Wildman–Crippen LogP) is 1.99. The summed E-state index contributed by atoms with van der Waals surface area (Å²) in [5.41, 5.74) is 0. The van der Waals surface area contributed by atoms with Crippen molar-refractivity contribution in [2.24, 2.45) is 0 Å². The fraction of sp³-hybridized carbons (Fsp3) is 0.333. The summed E-state index contributed by atoms with van der Waals surface area (Å²) >= 11 is 0. The van der Waals surface area contributed by atoms with Crippen molar-refractivity contribution in [3.05, 3.63) is 42.5 Å². The van der Waals surface area contributed by atoms with Crippen LogP contribution in [0, 0.1) is 0 Å². The van der Waals surface area contributed by atoms with E-state index in [1.807, 2.05) is 30.3 Å². The summed E-state index contributed by atoms with van der Waals surface area (Å²) in [6.07, 6.45) is 0.816. The lowest BCUT2D eigenvalue weighted by Gasteiger charge is -2.29. The van der Waals surface area contributed by atoms with Gasteiger partial charge in [-0.15, -0.1) is 0 Å². The summed E-state index contributed by atoms with van der Waals surface area (Å²) in [6.45, 7) is 0.668. The highest BCUT2D eigenvalue weighted by Gasteiger charge is 2.29. The number of aliphatic hydroxyl groups excluding tert-OH is 1. The monoisotopic (exact) mass is 291 g/mol. The van der Waals surface area contributed by atoms with Gasteiger partial charge < -0.3 is 5.11 Å². The van der Waals surface area contributed by atoms with Crippen molar-refractivity contribution in [3.63, 3.8) is 0 Å². The van der Waals surface area contributed by atoms with E-state index in [1.54, 1.807) is 12.1 Å². The molecule has 106 valence electrons. The lowest BCUT2D eigenvalue weighted by atomic mass is 10.1. The highest BCUT2D eigenvalue weighted by molar-refractivity contribution is 7.89. The summed E-state index contributed by atoms with van der Waals surface area (Å²) in [6, 6.07) is 12.8. The minimum atomic E-state index is -3.51. The van der Waals surface area contributed by atoms with Crippen LogP contribution in [0.2, 0.25) is 0 Å². The van der Waals surface area contributed by atoms with E-state index in [-0.39, 0.29) is 6.54 Å². The van der Waals surface area contributed by atoms with Crippen LogP contribution in [0.25, 0.3) is 10.8 Å². The Morgan fingerprint density at radius 2 is 1.85 bits per heavy atom. The molecule has 4 nitrogen and oxygen atoms in total. The molecule has 1 aliphatic rings. The molecular weight excluding hydrogens is 274 g/mol. The molecule has 1 aliphatic heterocycles. The third-order valence-corrected chi connectivity index (χ3v) is 5.58. The van der Waals surface area contributed by atoms with E-state index in [4.69, 9.17) is 0 Å². The van der Waals surface area contributed by atoms with Crippen LogP contribution in [0.3, 0.4) is 0 Å². The molecule has 3 rings (SSSR count). The minimum Gasteiger partial charge on any atom is -0.392 e. The highest BCUT2D eigenvalue weighted by Crippen LogP contribution is 2.24. The van der Waals surface area contributed by atoms with Crippen molar-refractivity contribution in [1.82, 2.24) is 4.31 Å². The molecule has 0 aliphatic carbocycles. The zero-order valence-corrected chi connectivity index (χ0v) is 11.9. The second kappa shape index (κ2) is 5.16. The van der Waals surface area contributed by atoms with E-state index in [9.17, 15) is 13.5 Å². The van der Waals surface area contributed by atoms with Crippen LogP contribution in [0.1, 0.15) is 12.8 Å². The molecule has 5 heteroatoms. The quantitative estimate of drug-likeness (QED) is 0.920. The Hall–Kier alpha value is -1.43. The Labute approximate surface area is 118 Å². The number of sulfonamides is 1. The standard InChI is InChI=1S/C15H17NO3S/c17-14-6-3-9-16(11-14)20(18,19)15-8-7-12-4-1-2-5-13(12)10-15/h1-2,4-5,7-8,10,14,17H,3,6,9,11H2. The predicted molar refractivity (Wildman–Crippen MR) is 77.9 cm³/mol. The average molecular weight is 291 g/mol. The van der Waals surface area contributed by atoms with Gasteiger partial charge in [-0.1, -0.05) is 30.3 Å². The first kappa shape index (κ1) is 13.5. The van der Waals surface area contributed by atoms with E-state index in [1.165, 1.54) is 4.31 Å². The Balaban J connectivity index is 2.00. The SMILES string of the molecule is O=S(=O)(c1ccc2ccccc2c1)N1CCCC(O)C1. The number of benzene rings is 2. The molecule has 2 aromatic rings. The largest absolute Gasteiger partial charge is 0.392 e. The maximum Gasteiger partial charge on any atom is 0.243 e. The van der Waals surface area contributed by atoms with Gasteiger partial charge in [-0.3, -0.25) is 0 Å². The first-order valence-electron chi connectivity index (χ1n) is 6.74. The topological polar surface area (TPSA) is 57.6 Å². The second-order valence-electron chi connectivity index (χ2n) is 5.17. The lowest BCUT2D eigenvalue weighted by Crippen LogP contribution is -2.42. The van der Waals surface area contributed by atoms with Crippen LogP contribution < -0.4 is 0 Å². The molecule has 2 aromatic carbocycles. The lowest BCUT2D eigenvalue weighted by molar-refractivity contribution is 0.108. The van der Waals surface area contributed by atoms with E-state index >= 15 is 0 Å². The first-order valence-corrected chi connectivity index (χ1v) is 8.18. The van der Waals surface area contributed by atoms with Crippen molar-refractivity contribution < 1.29 is 13.5 Å². The van der Waals surface area contributed by atoms with Crippen molar-refractivity contribution in [2.75, 3.05) is 13.1 Å². The average Bonchev–Trinajstić information content (AvgIpc) is 2.46. The normalized spacial score (nSPS) is 21.1. The fourth-order valence-corrected chi connectivity index (χ4v) is 4.17. The van der Waals surface area contributed by atoms with Crippen LogP contribution >= 0.6 is 0 Å². The van der Waals surface area contributed by atoms with E-state index in [2.05, 4.69) is 0 Å². The van der Waals surface area contributed by atoms with Crippen molar-refractivity contribution >= 4 is 20.8 Å². The summed E-state index contributed by atoms with van der Waals surface area (Å²) < 4.78 is 26.6. The van der Waals surface area contributed by atoms with Gasteiger partial charge in [0, 0.05) is 13.1 Å². The molecule has 1 N–H and O–H groups in total. The van der Waals surface area contributed by atoms with Gasteiger partial charge in [0.15, 0.2) is 0 Å². The summed E-state index contributed by atoms with van der Waals surface area (Å²) in [5, 5.41) is 11.6. The maximum atomic E-state index is 12.6. The first-order chi connectivity index (χ1) is 9.57. The molecule has 1 heterocycles. The van der Waals surface area contributed by atoms with Crippen LogP contribution in [-0.4, -0.2) is 37.0 Å². The van der Waals surface area contributed by atoms with Gasteiger partial charge in [-0.25, -0.2) is 8.42 Å². The van der Waals surface area contributed by atoms with Gasteiger partial charge >= 0.3 is 0 Å². The zero-order valence-electron chi connectivity index (χ0n) is 11.1. The van der Waals surface area contributed by atoms with Crippen LogP contribution in [-0.2, 0) is 10.0 Å². The molecule has 0 amide bonds. The Morgan fingerprint density at radius 3 is 2.60 bits per heavy atom. The molecule has 20 heavy (non-hydrogen) atoms. The fourth-order valence-electron chi connectivity index (χ4n) is 2.62.